The summed E-state index contributed by atoms with van der Waals surface area (Å²) in [7, 11) is 3.89. The van der Waals surface area contributed by atoms with Gasteiger partial charge in [0.15, 0.2) is 0 Å². The Morgan fingerprint density at radius 3 is 2.96 bits per heavy atom. The lowest BCUT2D eigenvalue weighted by molar-refractivity contribution is -0.131. The summed E-state index contributed by atoms with van der Waals surface area (Å²) < 4.78 is 6.95. The summed E-state index contributed by atoms with van der Waals surface area (Å²) in [6.07, 6.45) is 11.1. The highest BCUT2D eigenvalue weighted by molar-refractivity contribution is 5.76. The molecule has 26 heavy (non-hydrogen) atoms. The van der Waals surface area contributed by atoms with Gasteiger partial charge in [-0.3, -0.25) is 14.4 Å². The summed E-state index contributed by atoms with van der Waals surface area (Å²) in [5.41, 5.74) is 2.34. The van der Waals surface area contributed by atoms with Crippen LogP contribution in [0.1, 0.15) is 43.4 Å². The molecule has 2 aromatic heterocycles. The zero-order chi connectivity index (χ0) is 18.5. The van der Waals surface area contributed by atoms with Crippen molar-refractivity contribution in [1.29, 1.82) is 0 Å². The Labute approximate surface area is 155 Å². The standard InChI is InChI=1S/C20H30N4O2/c1-4-24-10-5-6-17(20(24)18-12-21-23(3)14-18)13-22(2)19(25)8-7-16-9-11-26-15-16/h9,11-12,14-15,17,20H,4-8,10,13H2,1-3H3/t17-,20+/m0/s1. The molecule has 1 saturated heterocycles. The maximum Gasteiger partial charge on any atom is 0.222 e. The molecule has 6 nitrogen and oxygen atoms in total. The van der Waals surface area contributed by atoms with Crippen molar-refractivity contribution >= 4 is 5.91 Å². The number of hydrogen-bond donors (Lipinski definition) is 0. The predicted molar refractivity (Wildman–Crippen MR) is 101 cm³/mol. The molecule has 1 aliphatic heterocycles. The molecular formula is C20H30N4O2. The Morgan fingerprint density at radius 1 is 1.46 bits per heavy atom. The van der Waals surface area contributed by atoms with Gasteiger partial charge in [-0.05, 0) is 49.9 Å². The van der Waals surface area contributed by atoms with Crippen molar-refractivity contribution in [3.8, 4) is 0 Å². The Balaban J connectivity index is 1.64. The molecular weight excluding hydrogens is 328 g/mol. The summed E-state index contributed by atoms with van der Waals surface area (Å²) in [5, 5.41) is 4.37. The zero-order valence-corrected chi connectivity index (χ0v) is 16.1. The second-order valence-corrected chi connectivity index (χ2v) is 7.33. The van der Waals surface area contributed by atoms with E-state index < -0.39 is 0 Å². The van der Waals surface area contributed by atoms with E-state index in [1.165, 1.54) is 12.0 Å². The highest BCUT2D eigenvalue weighted by Crippen LogP contribution is 2.36. The average Bonchev–Trinajstić information content (AvgIpc) is 3.30. The summed E-state index contributed by atoms with van der Waals surface area (Å²) in [4.78, 5) is 17.0. The van der Waals surface area contributed by atoms with Gasteiger partial charge in [0, 0.05) is 44.9 Å². The van der Waals surface area contributed by atoms with Gasteiger partial charge in [-0.15, -0.1) is 0 Å². The number of piperidine rings is 1. The SMILES string of the molecule is CCN1CCC[C@@H](CN(C)C(=O)CCc2ccoc2)[C@@H]1c1cnn(C)c1. The Kier molecular flexibility index (Phi) is 6.14. The second kappa shape index (κ2) is 8.54. The van der Waals surface area contributed by atoms with Crippen molar-refractivity contribution in [3.63, 3.8) is 0 Å². The molecule has 2 aromatic rings. The number of aromatic nitrogens is 2. The second-order valence-electron chi connectivity index (χ2n) is 7.33. The molecule has 0 unspecified atom stereocenters. The van der Waals surface area contributed by atoms with E-state index in [0.717, 1.165) is 38.0 Å². The molecule has 142 valence electrons. The molecule has 0 aliphatic carbocycles. The van der Waals surface area contributed by atoms with Gasteiger partial charge in [-0.25, -0.2) is 0 Å². The molecule has 3 heterocycles. The van der Waals surface area contributed by atoms with Crippen LogP contribution in [-0.4, -0.2) is 52.2 Å². The fourth-order valence-corrected chi connectivity index (χ4v) is 4.10. The lowest BCUT2D eigenvalue weighted by Gasteiger charge is -2.42. The predicted octanol–water partition coefficient (Wildman–Crippen LogP) is 2.88. The Morgan fingerprint density at radius 2 is 2.31 bits per heavy atom. The number of amides is 1. The fourth-order valence-electron chi connectivity index (χ4n) is 4.10. The van der Waals surface area contributed by atoms with Crippen molar-refractivity contribution in [1.82, 2.24) is 19.6 Å². The molecule has 0 spiro atoms. The van der Waals surface area contributed by atoms with E-state index in [0.29, 0.717) is 18.4 Å². The van der Waals surface area contributed by atoms with E-state index in [9.17, 15) is 4.79 Å². The van der Waals surface area contributed by atoms with E-state index in [1.807, 2.05) is 35.9 Å². The lowest BCUT2D eigenvalue weighted by Crippen LogP contribution is -2.43. The number of likely N-dealkylation sites (tertiary alicyclic amines) is 1. The highest BCUT2D eigenvalue weighted by Gasteiger charge is 2.33. The number of carbonyl (C=O) groups excluding carboxylic acids is 1. The Bertz CT molecular complexity index is 694. The van der Waals surface area contributed by atoms with Crippen molar-refractivity contribution in [2.75, 3.05) is 26.7 Å². The van der Waals surface area contributed by atoms with Crippen LogP contribution in [0.4, 0.5) is 0 Å². The normalized spacial score (nSPS) is 21.0. The van der Waals surface area contributed by atoms with E-state index in [4.69, 9.17) is 4.42 Å². The minimum absolute atomic E-state index is 0.199. The van der Waals surface area contributed by atoms with Gasteiger partial charge in [-0.1, -0.05) is 6.92 Å². The number of carbonyl (C=O) groups is 1. The van der Waals surface area contributed by atoms with Gasteiger partial charge in [0.25, 0.3) is 0 Å². The third-order valence-corrected chi connectivity index (χ3v) is 5.47. The fraction of sp³-hybridized carbons (Fsp3) is 0.600. The van der Waals surface area contributed by atoms with E-state index in [-0.39, 0.29) is 5.91 Å². The maximum atomic E-state index is 12.6. The number of hydrogen-bond acceptors (Lipinski definition) is 4. The monoisotopic (exact) mass is 358 g/mol. The minimum Gasteiger partial charge on any atom is -0.472 e. The summed E-state index contributed by atoms with van der Waals surface area (Å²) in [5.74, 6) is 0.639. The molecule has 0 bridgehead atoms. The van der Waals surface area contributed by atoms with Gasteiger partial charge in [-0.2, -0.15) is 5.10 Å². The van der Waals surface area contributed by atoms with Gasteiger partial charge >= 0.3 is 0 Å². The first-order valence-corrected chi connectivity index (χ1v) is 9.56. The first kappa shape index (κ1) is 18.7. The van der Waals surface area contributed by atoms with Gasteiger partial charge in [0.2, 0.25) is 5.91 Å². The number of rotatable bonds is 7. The maximum absolute atomic E-state index is 12.6. The largest absolute Gasteiger partial charge is 0.472 e. The number of nitrogens with zero attached hydrogens (tertiary/aromatic N) is 4. The summed E-state index contributed by atoms with van der Waals surface area (Å²) in [6, 6.07) is 2.26. The molecule has 0 aromatic carbocycles. The smallest absolute Gasteiger partial charge is 0.222 e. The zero-order valence-electron chi connectivity index (χ0n) is 16.1. The Hall–Kier alpha value is -2.08. The van der Waals surface area contributed by atoms with Crippen molar-refractivity contribution in [3.05, 3.63) is 42.1 Å². The molecule has 1 amide bonds. The van der Waals surface area contributed by atoms with Crippen molar-refractivity contribution in [2.24, 2.45) is 13.0 Å². The van der Waals surface area contributed by atoms with Crippen LogP contribution in [0, 0.1) is 5.92 Å². The molecule has 1 aliphatic rings. The molecule has 6 heteroatoms. The topological polar surface area (TPSA) is 54.5 Å². The minimum atomic E-state index is 0.199. The average molecular weight is 358 g/mol. The van der Waals surface area contributed by atoms with Crippen molar-refractivity contribution in [2.45, 2.75) is 38.6 Å². The van der Waals surface area contributed by atoms with Crippen LogP contribution in [-0.2, 0) is 18.3 Å². The highest BCUT2D eigenvalue weighted by atomic mass is 16.3. The van der Waals surface area contributed by atoms with Crippen LogP contribution < -0.4 is 0 Å². The first-order chi connectivity index (χ1) is 12.6. The lowest BCUT2D eigenvalue weighted by atomic mass is 9.85. The molecule has 0 N–H and O–H groups in total. The van der Waals surface area contributed by atoms with Crippen LogP contribution in [0.2, 0.25) is 0 Å². The molecule has 0 saturated carbocycles. The molecule has 3 rings (SSSR count). The van der Waals surface area contributed by atoms with Gasteiger partial charge in [0.1, 0.15) is 0 Å². The van der Waals surface area contributed by atoms with E-state index >= 15 is 0 Å². The summed E-state index contributed by atoms with van der Waals surface area (Å²) >= 11 is 0. The van der Waals surface area contributed by atoms with E-state index in [1.54, 1.807) is 12.5 Å². The van der Waals surface area contributed by atoms with E-state index in [2.05, 4.69) is 23.1 Å². The van der Waals surface area contributed by atoms with Gasteiger partial charge in [0.05, 0.1) is 18.7 Å². The quantitative estimate of drug-likeness (QED) is 0.764. The number of aryl methyl sites for hydroxylation is 2. The van der Waals surface area contributed by atoms with Crippen LogP contribution in [0.5, 0.6) is 0 Å². The third-order valence-electron chi connectivity index (χ3n) is 5.47. The van der Waals surface area contributed by atoms with Gasteiger partial charge < -0.3 is 9.32 Å². The number of furan rings is 1. The summed E-state index contributed by atoms with van der Waals surface area (Å²) in [6.45, 7) is 5.14. The van der Waals surface area contributed by atoms with Crippen molar-refractivity contribution < 1.29 is 9.21 Å². The first-order valence-electron chi connectivity index (χ1n) is 9.56. The molecule has 2 atom stereocenters. The molecule has 0 radical (unpaired) electrons. The van der Waals surface area contributed by atoms with Crippen LogP contribution in [0.15, 0.2) is 35.4 Å². The third kappa shape index (κ3) is 4.36. The van der Waals surface area contributed by atoms with Crippen LogP contribution in [0.3, 0.4) is 0 Å². The van der Waals surface area contributed by atoms with Crippen LogP contribution >= 0.6 is 0 Å². The molecule has 1 fully saturated rings. The van der Waals surface area contributed by atoms with Crippen LogP contribution in [0.25, 0.3) is 0 Å².